The summed E-state index contributed by atoms with van der Waals surface area (Å²) in [6.07, 6.45) is -0.392. The molecule has 0 unspecified atom stereocenters. The van der Waals surface area contributed by atoms with E-state index in [1.807, 2.05) is 51.2 Å². The first-order valence-corrected chi connectivity index (χ1v) is 6.87. The Morgan fingerprint density at radius 3 is 2.85 bits per heavy atom. The van der Waals surface area contributed by atoms with Crippen LogP contribution in [0.25, 0.3) is 0 Å². The van der Waals surface area contributed by atoms with E-state index in [2.05, 4.69) is 10.2 Å². The predicted molar refractivity (Wildman–Crippen MR) is 81.4 cm³/mol. The largest absolute Gasteiger partial charge is 0.377 e. The van der Waals surface area contributed by atoms with Crippen LogP contribution in [0.1, 0.15) is 5.56 Å². The van der Waals surface area contributed by atoms with Crippen molar-refractivity contribution < 1.29 is 9.53 Å². The van der Waals surface area contributed by atoms with Crippen molar-refractivity contribution in [3.8, 4) is 0 Å². The zero-order chi connectivity index (χ0) is 14.7. The zero-order valence-corrected chi connectivity index (χ0v) is 12.6. The molecule has 0 aromatic heterocycles. The van der Waals surface area contributed by atoms with Crippen molar-refractivity contribution in [1.82, 2.24) is 4.90 Å². The van der Waals surface area contributed by atoms with E-state index in [9.17, 15) is 4.79 Å². The monoisotopic (exact) mass is 277 g/mol. The Labute approximate surface area is 120 Å². The van der Waals surface area contributed by atoms with Gasteiger partial charge in [-0.15, -0.1) is 0 Å². The topological polar surface area (TPSA) is 44.8 Å². The lowest BCUT2D eigenvalue weighted by Crippen LogP contribution is -2.46. The van der Waals surface area contributed by atoms with Gasteiger partial charge in [0.25, 0.3) is 5.91 Å². The summed E-state index contributed by atoms with van der Waals surface area (Å²) in [4.78, 5) is 16.4. The maximum atomic E-state index is 12.3. The molecule has 1 saturated heterocycles. The number of hydrogen-bond acceptors (Lipinski definition) is 4. The second-order valence-corrected chi connectivity index (χ2v) is 5.46. The first-order valence-electron chi connectivity index (χ1n) is 6.87. The normalized spacial score (nSPS) is 19.7. The third-order valence-electron chi connectivity index (χ3n) is 3.61. The van der Waals surface area contributed by atoms with Crippen LogP contribution in [0.3, 0.4) is 0 Å². The van der Waals surface area contributed by atoms with E-state index in [0.717, 1.165) is 23.5 Å². The molecule has 0 radical (unpaired) electrons. The van der Waals surface area contributed by atoms with Gasteiger partial charge >= 0.3 is 0 Å². The highest BCUT2D eigenvalue weighted by atomic mass is 16.5. The highest BCUT2D eigenvalue weighted by molar-refractivity contribution is 5.95. The van der Waals surface area contributed by atoms with Crippen molar-refractivity contribution in [3.63, 3.8) is 0 Å². The third kappa shape index (κ3) is 3.29. The first-order chi connectivity index (χ1) is 9.49. The Kier molecular flexibility index (Phi) is 4.62. The van der Waals surface area contributed by atoms with Gasteiger partial charge in [-0.25, -0.2) is 0 Å². The third-order valence-corrected chi connectivity index (χ3v) is 3.61. The van der Waals surface area contributed by atoms with Gasteiger partial charge < -0.3 is 19.9 Å². The SMILES string of the molecule is Cc1c(NC(=O)[C@@H]2CN(C)CCO2)cccc1N(C)C. The standard InChI is InChI=1S/C15H23N3O2/c1-11-12(6-5-7-13(11)17(2)3)16-15(19)14-10-18(4)8-9-20-14/h5-7,14H,8-10H2,1-4H3,(H,16,19)/t14-/m0/s1. The molecule has 1 fully saturated rings. The van der Waals surface area contributed by atoms with Crippen molar-refractivity contribution in [1.29, 1.82) is 0 Å². The molecule has 20 heavy (non-hydrogen) atoms. The van der Waals surface area contributed by atoms with Crippen molar-refractivity contribution in [2.45, 2.75) is 13.0 Å². The van der Waals surface area contributed by atoms with E-state index >= 15 is 0 Å². The Morgan fingerprint density at radius 1 is 1.45 bits per heavy atom. The van der Waals surface area contributed by atoms with Gasteiger partial charge in [-0.1, -0.05) is 6.07 Å². The number of amides is 1. The first kappa shape index (κ1) is 14.8. The number of carbonyl (C=O) groups is 1. The van der Waals surface area contributed by atoms with Gasteiger partial charge in [0.05, 0.1) is 6.61 Å². The molecule has 1 amide bonds. The average Bonchev–Trinajstić information content (AvgIpc) is 2.40. The molecule has 1 aromatic rings. The molecule has 5 heteroatoms. The van der Waals surface area contributed by atoms with Crippen molar-refractivity contribution >= 4 is 17.3 Å². The van der Waals surface area contributed by atoms with E-state index in [-0.39, 0.29) is 5.91 Å². The molecule has 5 nitrogen and oxygen atoms in total. The molecule has 0 bridgehead atoms. The van der Waals surface area contributed by atoms with E-state index < -0.39 is 6.10 Å². The Bertz CT molecular complexity index is 488. The minimum absolute atomic E-state index is 0.0736. The van der Waals surface area contributed by atoms with Crippen LogP contribution in [0.5, 0.6) is 0 Å². The summed E-state index contributed by atoms with van der Waals surface area (Å²) in [6.45, 7) is 4.13. The lowest BCUT2D eigenvalue weighted by Gasteiger charge is -2.29. The molecule has 1 N–H and O–H groups in total. The molecule has 1 aromatic carbocycles. The highest BCUT2D eigenvalue weighted by Crippen LogP contribution is 2.25. The number of nitrogens with one attached hydrogen (secondary N) is 1. The highest BCUT2D eigenvalue weighted by Gasteiger charge is 2.25. The van der Waals surface area contributed by atoms with Crippen LogP contribution in [-0.2, 0) is 9.53 Å². The molecule has 0 aliphatic carbocycles. The molecule has 1 atom stereocenters. The number of carbonyl (C=O) groups excluding carboxylic acids is 1. The van der Waals surface area contributed by atoms with Crippen LogP contribution in [0.15, 0.2) is 18.2 Å². The van der Waals surface area contributed by atoms with Crippen molar-refractivity contribution in [3.05, 3.63) is 23.8 Å². The minimum Gasteiger partial charge on any atom is -0.377 e. The van der Waals surface area contributed by atoms with Crippen LogP contribution >= 0.6 is 0 Å². The molecular formula is C15H23N3O2. The van der Waals surface area contributed by atoms with Crippen molar-refractivity contribution in [2.24, 2.45) is 0 Å². The fourth-order valence-corrected chi connectivity index (χ4v) is 2.39. The summed E-state index contributed by atoms with van der Waals surface area (Å²) in [7, 11) is 5.99. The fraction of sp³-hybridized carbons (Fsp3) is 0.533. The molecule has 2 rings (SSSR count). The molecule has 0 saturated carbocycles. The van der Waals surface area contributed by atoms with Gasteiger partial charge in [0.15, 0.2) is 0 Å². The number of benzene rings is 1. The van der Waals surface area contributed by atoms with Crippen LogP contribution in [0.2, 0.25) is 0 Å². The van der Waals surface area contributed by atoms with Gasteiger partial charge in [0.1, 0.15) is 6.10 Å². The summed E-state index contributed by atoms with van der Waals surface area (Å²) < 4.78 is 5.54. The van der Waals surface area contributed by atoms with E-state index in [0.29, 0.717) is 13.2 Å². The quantitative estimate of drug-likeness (QED) is 0.905. The van der Waals surface area contributed by atoms with Crippen LogP contribution in [0, 0.1) is 6.92 Å². The molecule has 1 heterocycles. The number of rotatable bonds is 3. The number of likely N-dealkylation sites (N-methyl/N-ethyl adjacent to an activating group) is 1. The van der Waals surface area contributed by atoms with Crippen LogP contribution < -0.4 is 10.2 Å². The lowest BCUT2D eigenvalue weighted by molar-refractivity contribution is -0.132. The van der Waals surface area contributed by atoms with Gasteiger partial charge in [-0.2, -0.15) is 0 Å². The van der Waals surface area contributed by atoms with Gasteiger partial charge in [-0.3, -0.25) is 4.79 Å². The van der Waals surface area contributed by atoms with Gasteiger partial charge in [-0.05, 0) is 31.7 Å². The summed E-state index contributed by atoms with van der Waals surface area (Å²) in [5, 5.41) is 2.98. The van der Waals surface area contributed by atoms with E-state index in [4.69, 9.17) is 4.74 Å². The van der Waals surface area contributed by atoms with Crippen molar-refractivity contribution in [2.75, 3.05) is 51.1 Å². The maximum absolute atomic E-state index is 12.3. The molecule has 110 valence electrons. The summed E-state index contributed by atoms with van der Waals surface area (Å²) in [6, 6.07) is 5.91. The predicted octanol–water partition coefficient (Wildman–Crippen LogP) is 1.33. The number of anilines is 2. The zero-order valence-electron chi connectivity index (χ0n) is 12.6. The number of nitrogens with zero attached hydrogens (tertiary/aromatic N) is 2. The Morgan fingerprint density at radius 2 is 2.20 bits per heavy atom. The summed E-state index contributed by atoms with van der Waals surface area (Å²) >= 11 is 0. The summed E-state index contributed by atoms with van der Waals surface area (Å²) in [5.74, 6) is -0.0736. The molecule has 0 spiro atoms. The maximum Gasteiger partial charge on any atom is 0.254 e. The van der Waals surface area contributed by atoms with Gasteiger partial charge in [0.2, 0.25) is 0 Å². The second kappa shape index (κ2) is 6.24. The molecular weight excluding hydrogens is 254 g/mol. The minimum atomic E-state index is -0.392. The Balaban J connectivity index is 2.10. The smallest absolute Gasteiger partial charge is 0.254 e. The lowest BCUT2D eigenvalue weighted by atomic mass is 10.1. The van der Waals surface area contributed by atoms with Crippen LogP contribution in [0.4, 0.5) is 11.4 Å². The second-order valence-electron chi connectivity index (χ2n) is 5.46. The number of hydrogen-bond donors (Lipinski definition) is 1. The van der Waals surface area contributed by atoms with Gasteiger partial charge in [0, 0.05) is 38.6 Å². The van der Waals surface area contributed by atoms with E-state index in [1.54, 1.807) is 0 Å². The average molecular weight is 277 g/mol. The van der Waals surface area contributed by atoms with E-state index in [1.165, 1.54) is 0 Å². The number of ether oxygens (including phenoxy) is 1. The van der Waals surface area contributed by atoms with Crippen LogP contribution in [-0.4, -0.2) is 57.8 Å². The molecule has 1 aliphatic heterocycles. The summed E-state index contributed by atoms with van der Waals surface area (Å²) in [5.41, 5.74) is 3.01. The fourth-order valence-electron chi connectivity index (χ4n) is 2.39. The number of morpholine rings is 1. The Hall–Kier alpha value is -1.59. The molecule has 1 aliphatic rings.